The summed E-state index contributed by atoms with van der Waals surface area (Å²) in [5, 5.41) is 8.14. The number of nitrogens with one attached hydrogen (secondary N) is 1. The van der Waals surface area contributed by atoms with Gasteiger partial charge in [-0.3, -0.25) is 0 Å². The molecule has 1 fully saturated rings. The first kappa shape index (κ1) is 17.8. The number of nitrogens with zero attached hydrogens (tertiary/aromatic N) is 4. The van der Waals surface area contributed by atoms with Gasteiger partial charge in [0, 0.05) is 29.1 Å². The van der Waals surface area contributed by atoms with Crippen LogP contribution in [-0.2, 0) is 0 Å². The van der Waals surface area contributed by atoms with Crippen LogP contribution in [0.5, 0.6) is 5.88 Å². The molecule has 0 bridgehead atoms. The Hall–Kier alpha value is -3.25. The Balaban J connectivity index is 1.58. The summed E-state index contributed by atoms with van der Waals surface area (Å²) in [5.41, 5.74) is 4.87. The second kappa shape index (κ2) is 7.64. The summed E-state index contributed by atoms with van der Waals surface area (Å²) in [6, 6.07) is 17.5. The van der Waals surface area contributed by atoms with E-state index in [1.165, 1.54) is 5.56 Å². The molecular weight excluding hydrogens is 362 g/mol. The number of hydrogen-bond acceptors (Lipinski definition) is 5. The summed E-state index contributed by atoms with van der Waals surface area (Å²) in [6.07, 6.45) is 5.95. The molecule has 0 aliphatic carbocycles. The number of rotatable bonds is 4. The number of ether oxygens (including phenoxy) is 1. The Morgan fingerprint density at radius 2 is 2.00 bits per heavy atom. The predicted molar refractivity (Wildman–Crippen MR) is 112 cm³/mol. The van der Waals surface area contributed by atoms with E-state index >= 15 is 0 Å². The minimum atomic E-state index is 0.574. The molecule has 1 aromatic carbocycles. The van der Waals surface area contributed by atoms with Crippen LogP contribution in [0.25, 0.3) is 28.2 Å². The zero-order chi connectivity index (χ0) is 19.6. The standard InChI is InChI=1S/C23H22N5O/c1-29-23-20(7-3-11-25-23)19-8-4-14-28-22(19)26-21(27-28)18-6-2-5-17(15-18)16-9-12-24-13-10-16/h2-5,7-8,11,14-16,24H,9-10,12-13H2,1H3. The van der Waals surface area contributed by atoms with Gasteiger partial charge in [-0.15, -0.1) is 5.10 Å². The fourth-order valence-corrected chi connectivity index (χ4v) is 4.01. The van der Waals surface area contributed by atoms with E-state index in [0.717, 1.165) is 48.3 Å². The molecule has 3 aromatic heterocycles. The molecule has 1 saturated heterocycles. The quantitative estimate of drug-likeness (QED) is 0.581. The number of benzene rings is 1. The lowest BCUT2D eigenvalue weighted by Gasteiger charge is -2.23. The minimum absolute atomic E-state index is 0.574. The highest BCUT2D eigenvalue weighted by atomic mass is 16.5. The Labute approximate surface area is 169 Å². The molecule has 145 valence electrons. The van der Waals surface area contributed by atoms with Crippen molar-refractivity contribution in [3.05, 3.63) is 66.5 Å². The minimum Gasteiger partial charge on any atom is -0.481 e. The van der Waals surface area contributed by atoms with Crippen molar-refractivity contribution in [2.45, 2.75) is 18.8 Å². The van der Waals surface area contributed by atoms with Gasteiger partial charge in [0.15, 0.2) is 11.5 Å². The summed E-state index contributed by atoms with van der Waals surface area (Å²) in [6.45, 7) is 2.14. The molecule has 0 atom stereocenters. The van der Waals surface area contributed by atoms with Crippen LogP contribution < -0.4 is 10.1 Å². The van der Waals surface area contributed by atoms with Crippen molar-refractivity contribution in [1.82, 2.24) is 24.9 Å². The van der Waals surface area contributed by atoms with Crippen molar-refractivity contribution in [2.24, 2.45) is 0 Å². The van der Waals surface area contributed by atoms with Crippen molar-refractivity contribution < 1.29 is 4.74 Å². The van der Waals surface area contributed by atoms with Crippen molar-refractivity contribution in [3.63, 3.8) is 0 Å². The van der Waals surface area contributed by atoms with E-state index < -0.39 is 0 Å². The average molecular weight is 384 g/mol. The summed E-state index contributed by atoms with van der Waals surface area (Å²) < 4.78 is 7.25. The van der Waals surface area contributed by atoms with Crippen molar-refractivity contribution >= 4 is 5.65 Å². The van der Waals surface area contributed by atoms with Gasteiger partial charge in [0.05, 0.1) is 7.11 Å². The van der Waals surface area contributed by atoms with Crippen LogP contribution in [0.4, 0.5) is 0 Å². The van der Waals surface area contributed by atoms with E-state index in [1.54, 1.807) is 13.3 Å². The second-order valence-corrected chi connectivity index (χ2v) is 7.25. The maximum atomic E-state index is 5.44. The van der Waals surface area contributed by atoms with Gasteiger partial charge < -0.3 is 10.1 Å². The molecule has 6 nitrogen and oxygen atoms in total. The monoisotopic (exact) mass is 384 g/mol. The Morgan fingerprint density at radius 1 is 1.14 bits per heavy atom. The lowest BCUT2D eigenvalue weighted by molar-refractivity contribution is 0.399. The fourth-order valence-electron chi connectivity index (χ4n) is 4.01. The largest absolute Gasteiger partial charge is 0.481 e. The van der Waals surface area contributed by atoms with E-state index in [9.17, 15) is 0 Å². The number of pyridine rings is 2. The van der Waals surface area contributed by atoms with Crippen LogP contribution in [0, 0.1) is 6.07 Å². The molecule has 0 amide bonds. The van der Waals surface area contributed by atoms with Crippen molar-refractivity contribution in [1.29, 1.82) is 0 Å². The first-order chi connectivity index (χ1) is 14.3. The van der Waals surface area contributed by atoms with Gasteiger partial charge in [-0.05, 0) is 73.8 Å². The van der Waals surface area contributed by atoms with Crippen LogP contribution in [0.1, 0.15) is 24.3 Å². The van der Waals surface area contributed by atoms with E-state index in [2.05, 4.69) is 28.5 Å². The van der Waals surface area contributed by atoms with Crippen LogP contribution >= 0.6 is 0 Å². The molecular formula is C23H22N5O. The Kier molecular flexibility index (Phi) is 4.69. The normalized spacial score (nSPS) is 14.9. The highest BCUT2D eigenvalue weighted by Gasteiger charge is 2.18. The summed E-state index contributed by atoms with van der Waals surface area (Å²) in [5.74, 6) is 1.83. The highest BCUT2D eigenvalue weighted by molar-refractivity contribution is 5.81. The first-order valence-electron chi connectivity index (χ1n) is 9.91. The number of aromatic nitrogens is 4. The molecule has 5 rings (SSSR count). The van der Waals surface area contributed by atoms with Gasteiger partial charge in [0.2, 0.25) is 5.88 Å². The van der Waals surface area contributed by atoms with Crippen molar-refractivity contribution in [2.75, 3.05) is 20.2 Å². The van der Waals surface area contributed by atoms with E-state index in [0.29, 0.717) is 17.6 Å². The van der Waals surface area contributed by atoms with Gasteiger partial charge in [-0.25, -0.2) is 14.5 Å². The third-order valence-corrected chi connectivity index (χ3v) is 5.49. The highest BCUT2D eigenvalue weighted by Crippen LogP contribution is 2.32. The zero-order valence-corrected chi connectivity index (χ0v) is 16.3. The van der Waals surface area contributed by atoms with Gasteiger partial charge in [-0.1, -0.05) is 12.1 Å². The molecule has 6 heteroatoms. The van der Waals surface area contributed by atoms with Gasteiger partial charge in [0.1, 0.15) is 0 Å². The molecule has 29 heavy (non-hydrogen) atoms. The van der Waals surface area contributed by atoms with Crippen LogP contribution in [0.15, 0.2) is 54.9 Å². The van der Waals surface area contributed by atoms with E-state index in [4.69, 9.17) is 14.8 Å². The van der Waals surface area contributed by atoms with Gasteiger partial charge >= 0.3 is 0 Å². The SMILES string of the molecule is COc1ncccc1-c1cccn2nc(-c3[c]ccc(C4CCNCC4)c3)nc12. The molecule has 0 unspecified atom stereocenters. The van der Waals surface area contributed by atoms with E-state index in [1.807, 2.05) is 41.0 Å². The Morgan fingerprint density at radius 3 is 2.86 bits per heavy atom. The van der Waals surface area contributed by atoms with E-state index in [-0.39, 0.29) is 0 Å². The molecule has 4 aromatic rings. The number of hydrogen-bond donors (Lipinski definition) is 1. The zero-order valence-electron chi connectivity index (χ0n) is 16.3. The first-order valence-corrected chi connectivity index (χ1v) is 9.91. The summed E-state index contributed by atoms with van der Waals surface area (Å²) in [4.78, 5) is 9.16. The summed E-state index contributed by atoms with van der Waals surface area (Å²) >= 11 is 0. The molecule has 0 saturated carbocycles. The molecule has 1 radical (unpaired) electrons. The number of piperidine rings is 1. The maximum absolute atomic E-state index is 5.44. The molecule has 1 aliphatic rings. The second-order valence-electron chi connectivity index (χ2n) is 7.25. The van der Waals surface area contributed by atoms with Crippen LogP contribution in [0.3, 0.4) is 0 Å². The van der Waals surface area contributed by atoms with Crippen molar-refractivity contribution in [3.8, 4) is 28.4 Å². The third-order valence-electron chi connectivity index (χ3n) is 5.49. The Bertz CT molecular complexity index is 1150. The van der Waals surface area contributed by atoms with Gasteiger partial charge in [-0.2, -0.15) is 0 Å². The molecule has 4 heterocycles. The predicted octanol–water partition coefficient (Wildman–Crippen LogP) is 3.73. The average Bonchev–Trinajstić information content (AvgIpc) is 3.24. The molecule has 1 N–H and O–H groups in total. The fraction of sp³-hybridized carbons (Fsp3) is 0.261. The molecule has 0 spiro atoms. The van der Waals surface area contributed by atoms with Crippen LogP contribution in [0.2, 0.25) is 0 Å². The number of methoxy groups -OCH3 is 1. The maximum Gasteiger partial charge on any atom is 0.221 e. The lowest BCUT2D eigenvalue weighted by Crippen LogP contribution is -2.26. The smallest absolute Gasteiger partial charge is 0.221 e. The topological polar surface area (TPSA) is 64.3 Å². The molecule has 1 aliphatic heterocycles. The number of fused-ring (bicyclic) bond motifs is 1. The lowest BCUT2D eigenvalue weighted by atomic mass is 9.89. The third kappa shape index (κ3) is 3.36. The van der Waals surface area contributed by atoms with Crippen LogP contribution in [-0.4, -0.2) is 39.8 Å². The van der Waals surface area contributed by atoms with Gasteiger partial charge in [0.25, 0.3) is 0 Å². The summed E-state index contributed by atoms with van der Waals surface area (Å²) in [7, 11) is 1.63.